The normalized spacial score (nSPS) is 10.3. The third-order valence-electron chi connectivity index (χ3n) is 2.81. The van der Waals surface area contributed by atoms with Crippen molar-refractivity contribution in [3.05, 3.63) is 53.9 Å². The van der Waals surface area contributed by atoms with Gasteiger partial charge in [-0.2, -0.15) is 0 Å². The summed E-state index contributed by atoms with van der Waals surface area (Å²) in [6.45, 7) is 4.29. The second-order valence-corrected chi connectivity index (χ2v) is 3.99. The van der Waals surface area contributed by atoms with Crippen LogP contribution in [0.3, 0.4) is 0 Å². The zero-order valence-electron chi connectivity index (χ0n) is 9.49. The van der Waals surface area contributed by atoms with Crippen LogP contribution in [0.15, 0.2) is 42.6 Å². The monoisotopic (exact) mass is 198 g/mol. The van der Waals surface area contributed by atoms with Gasteiger partial charge in [0, 0.05) is 18.6 Å². The molecule has 1 heterocycles. The molecule has 1 nitrogen and oxygen atoms in total. The van der Waals surface area contributed by atoms with Gasteiger partial charge in [0.25, 0.3) is 0 Å². The van der Waals surface area contributed by atoms with E-state index in [1.165, 1.54) is 22.4 Å². The molecule has 0 radical (unpaired) electrons. The summed E-state index contributed by atoms with van der Waals surface area (Å²) in [5.74, 6) is 0. The Hall–Kier alpha value is -1.63. The number of aryl methyl sites for hydroxylation is 3. The van der Waals surface area contributed by atoms with Crippen LogP contribution in [0.1, 0.15) is 11.3 Å². The molecule has 0 saturated heterocycles. The molecule has 0 unspecified atom stereocenters. The highest BCUT2D eigenvalue weighted by molar-refractivity contribution is 5.66. The van der Waals surface area contributed by atoms with Crippen molar-refractivity contribution in [2.75, 3.05) is 0 Å². The van der Waals surface area contributed by atoms with Crippen molar-refractivity contribution in [1.29, 1.82) is 0 Å². The molecule has 0 saturated carbocycles. The van der Waals surface area contributed by atoms with E-state index in [2.05, 4.69) is 68.1 Å². The summed E-state index contributed by atoms with van der Waals surface area (Å²) in [4.78, 5) is 0. The van der Waals surface area contributed by atoms with Crippen LogP contribution < -0.4 is 4.57 Å². The molecule has 76 valence electrons. The summed E-state index contributed by atoms with van der Waals surface area (Å²) < 4.78 is 2.15. The molecule has 0 aliphatic rings. The van der Waals surface area contributed by atoms with Crippen molar-refractivity contribution in [1.82, 2.24) is 0 Å². The topological polar surface area (TPSA) is 3.88 Å². The van der Waals surface area contributed by atoms with Gasteiger partial charge in [0.1, 0.15) is 7.05 Å². The molecular weight excluding hydrogens is 182 g/mol. The predicted molar refractivity (Wildman–Crippen MR) is 62.5 cm³/mol. The fourth-order valence-corrected chi connectivity index (χ4v) is 1.82. The maximum atomic E-state index is 2.24. The number of hydrogen-bond acceptors (Lipinski definition) is 0. The Morgan fingerprint density at radius 1 is 1.00 bits per heavy atom. The third kappa shape index (κ3) is 1.91. The largest absolute Gasteiger partial charge is 0.205 e. The number of pyridine rings is 1. The lowest BCUT2D eigenvalue weighted by molar-refractivity contribution is -0.677. The first kappa shape index (κ1) is 9.91. The van der Waals surface area contributed by atoms with Crippen molar-refractivity contribution in [2.45, 2.75) is 13.8 Å². The van der Waals surface area contributed by atoms with Crippen molar-refractivity contribution in [3.63, 3.8) is 0 Å². The van der Waals surface area contributed by atoms with Gasteiger partial charge in [0.05, 0.1) is 0 Å². The fraction of sp³-hybridized carbons (Fsp3) is 0.214. The number of hydrogen-bond donors (Lipinski definition) is 0. The maximum Gasteiger partial charge on any atom is 0.178 e. The molecule has 0 bridgehead atoms. The van der Waals surface area contributed by atoms with Gasteiger partial charge < -0.3 is 0 Å². The maximum absolute atomic E-state index is 2.24. The lowest BCUT2D eigenvalue weighted by Gasteiger charge is -2.05. The molecule has 2 aromatic rings. The van der Waals surface area contributed by atoms with Gasteiger partial charge in [-0.1, -0.05) is 30.3 Å². The number of aromatic nitrogens is 1. The van der Waals surface area contributed by atoms with Gasteiger partial charge >= 0.3 is 0 Å². The van der Waals surface area contributed by atoms with Crippen molar-refractivity contribution < 1.29 is 4.57 Å². The van der Waals surface area contributed by atoms with Gasteiger partial charge in [-0.3, -0.25) is 0 Å². The highest BCUT2D eigenvalue weighted by Gasteiger charge is 2.08. The minimum absolute atomic E-state index is 1.28. The molecule has 0 amide bonds. The first-order valence-corrected chi connectivity index (χ1v) is 5.21. The van der Waals surface area contributed by atoms with Crippen LogP contribution in [0.4, 0.5) is 0 Å². The Kier molecular flexibility index (Phi) is 2.55. The van der Waals surface area contributed by atoms with Crippen LogP contribution in [0.5, 0.6) is 0 Å². The molecule has 0 fully saturated rings. The molecule has 0 N–H and O–H groups in total. The molecule has 2 rings (SSSR count). The quantitative estimate of drug-likeness (QED) is 0.620. The van der Waals surface area contributed by atoms with Gasteiger partial charge in [0.2, 0.25) is 0 Å². The fourth-order valence-electron chi connectivity index (χ4n) is 1.82. The summed E-state index contributed by atoms with van der Waals surface area (Å²) in [6, 6.07) is 12.8. The van der Waals surface area contributed by atoms with E-state index < -0.39 is 0 Å². The molecule has 1 aromatic heterocycles. The Morgan fingerprint density at radius 2 is 1.67 bits per heavy atom. The third-order valence-corrected chi connectivity index (χ3v) is 2.81. The highest BCUT2D eigenvalue weighted by atomic mass is 14.9. The highest BCUT2D eigenvalue weighted by Crippen LogP contribution is 2.22. The van der Waals surface area contributed by atoms with Crippen LogP contribution in [0.25, 0.3) is 11.1 Å². The second kappa shape index (κ2) is 3.85. The van der Waals surface area contributed by atoms with E-state index in [1.807, 2.05) is 0 Å². The van der Waals surface area contributed by atoms with E-state index >= 15 is 0 Å². The van der Waals surface area contributed by atoms with Crippen LogP contribution in [0.2, 0.25) is 0 Å². The van der Waals surface area contributed by atoms with E-state index in [0.29, 0.717) is 0 Å². The predicted octanol–water partition coefficient (Wildman–Crippen LogP) is 2.79. The molecule has 1 heteroatoms. The first-order valence-electron chi connectivity index (χ1n) is 5.21. The zero-order valence-corrected chi connectivity index (χ0v) is 9.49. The molecule has 15 heavy (non-hydrogen) atoms. The number of benzene rings is 1. The summed E-state index contributed by atoms with van der Waals surface area (Å²) in [6.07, 6.45) is 2.18. The summed E-state index contributed by atoms with van der Waals surface area (Å²) in [5.41, 5.74) is 5.21. The lowest BCUT2D eigenvalue weighted by atomic mass is 10.0. The van der Waals surface area contributed by atoms with Crippen LogP contribution >= 0.6 is 0 Å². The Morgan fingerprint density at radius 3 is 2.33 bits per heavy atom. The molecule has 1 aromatic carbocycles. The molecule has 0 atom stereocenters. The number of rotatable bonds is 1. The van der Waals surface area contributed by atoms with Gasteiger partial charge in [-0.05, 0) is 18.1 Å². The van der Waals surface area contributed by atoms with Crippen LogP contribution in [0, 0.1) is 13.8 Å². The minimum atomic E-state index is 1.28. The number of nitrogens with zero attached hydrogens (tertiary/aromatic N) is 1. The Balaban J connectivity index is 2.59. The first-order chi connectivity index (χ1) is 7.18. The van der Waals surface area contributed by atoms with E-state index in [-0.39, 0.29) is 0 Å². The van der Waals surface area contributed by atoms with Crippen LogP contribution in [-0.2, 0) is 7.05 Å². The van der Waals surface area contributed by atoms with Crippen molar-refractivity contribution >= 4 is 0 Å². The molecule has 0 aliphatic carbocycles. The van der Waals surface area contributed by atoms with Crippen molar-refractivity contribution in [2.24, 2.45) is 7.05 Å². The Bertz CT molecular complexity index is 472. The second-order valence-electron chi connectivity index (χ2n) is 3.99. The van der Waals surface area contributed by atoms with Gasteiger partial charge in [0.15, 0.2) is 11.9 Å². The van der Waals surface area contributed by atoms with E-state index in [1.54, 1.807) is 0 Å². The minimum Gasteiger partial charge on any atom is -0.205 e. The molecule has 0 spiro atoms. The summed E-state index contributed by atoms with van der Waals surface area (Å²) >= 11 is 0. The smallest absolute Gasteiger partial charge is 0.178 e. The van der Waals surface area contributed by atoms with Crippen LogP contribution in [-0.4, -0.2) is 0 Å². The average molecular weight is 198 g/mol. The molecular formula is C14H16N+. The van der Waals surface area contributed by atoms with Gasteiger partial charge in [-0.25, -0.2) is 4.57 Å². The standard InChI is InChI=1S/C14H16N/c1-11-10-15(3)12(2)9-14(11)13-7-5-4-6-8-13/h4-10H,1-3H3/q+1. The van der Waals surface area contributed by atoms with E-state index in [9.17, 15) is 0 Å². The van der Waals surface area contributed by atoms with Crippen molar-refractivity contribution in [3.8, 4) is 11.1 Å². The van der Waals surface area contributed by atoms with Gasteiger partial charge in [-0.15, -0.1) is 0 Å². The lowest BCUT2D eigenvalue weighted by Crippen LogP contribution is -2.31. The summed E-state index contributed by atoms with van der Waals surface area (Å²) in [5, 5.41) is 0. The SMILES string of the molecule is Cc1c[n+](C)c(C)cc1-c1ccccc1. The Labute approximate surface area is 91.0 Å². The summed E-state index contributed by atoms with van der Waals surface area (Å²) in [7, 11) is 2.08. The average Bonchev–Trinajstić information content (AvgIpc) is 2.25. The zero-order chi connectivity index (χ0) is 10.8. The van der Waals surface area contributed by atoms with E-state index in [0.717, 1.165) is 0 Å². The molecule has 0 aliphatic heterocycles. The van der Waals surface area contributed by atoms with E-state index in [4.69, 9.17) is 0 Å².